The Morgan fingerprint density at radius 3 is 2.32 bits per heavy atom. The van der Waals surface area contributed by atoms with Crippen molar-refractivity contribution in [2.24, 2.45) is 0 Å². The maximum Gasteiger partial charge on any atom is 0.335 e. The standard InChI is InChI=1S/C15H7Cl2NO4/c16-8-2-4-11(17)12(6-8)18-13(19)9-3-1-7(15(21)22)5-10(9)14(18)20/h1-6H,(H,21,22). The highest BCUT2D eigenvalue weighted by molar-refractivity contribution is 6.41. The lowest BCUT2D eigenvalue weighted by molar-refractivity contribution is 0.0696. The van der Waals surface area contributed by atoms with E-state index in [-0.39, 0.29) is 27.4 Å². The lowest BCUT2D eigenvalue weighted by atomic mass is 10.1. The molecule has 3 rings (SSSR count). The van der Waals surface area contributed by atoms with Crippen LogP contribution in [0.4, 0.5) is 5.69 Å². The average Bonchev–Trinajstić information content (AvgIpc) is 2.73. The van der Waals surface area contributed by atoms with E-state index in [1.807, 2.05) is 0 Å². The molecule has 0 radical (unpaired) electrons. The molecular weight excluding hydrogens is 329 g/mol. The summed E-state index contributed by atoms with van der Waals surface area (Å²) in [6.45, 7) is 0. The van der Waals surface area contributed by atoms with Crippen molar-refractivity contribution in [3.8, 4) is 0 Å². The van der Waals surface area contributed by atoms with Crippen molar-refractivity contribution in [3.05, 3.63) is 63.1 Å². The van der Waals surface area contributed by atoms with Crippen LogP contribution in [0.5, 0.6) is 0 Å². The second-order valence-electron chi connectivity index (χ2n) is 4.61. The van der Waals surface area contributed by atoms with Gasteiger partial charge in [0.25, 0.3) is 11.8 Å². The van der Waals surface area contributed by atoms with Crippen LogP contribution in [0.15, 0.2) is 36.4 Å². The van der Waals surface area contributed by atoms with Crippen molar-refractivity contribution in [2.45, 2.75) is 0 Å². The smallest absolute Gasteiger partial charge is 0.335 e. The van der Waals surface area contributed by atoms with Crippen molar-refractivity contribution in [3.63, 3.8) is 0 Å². The molecule has 2 aromatic carbocycles. The number of amides is 2. The van der Waals surface area contributed by atoms with Gasteiger partial charge in [-0.3, -0.25) is 9.59 Å². The third-order valence-corrected chi connectivity index (χ3v) is 3.84. The largest absolute Gasteiger partial charge is 0.478 e. The molecule has 0 unspecified atom stereocenters. The molecule has 1 heterocycles. The predicted molar refractivity (Wildman–Crippen MR) is 81.0 cm³/mol. The zero-order valence-electron chi connectivity index (χ0n) is 10.8. The van der Waals surface area contributed by atoms with Gasteiger partial charge in [-0.25, -0.2) is 9.69 Å². The zero-order valence-corrected chi connectivity index (χ0v) is 12.4. The van der Waals surface area contributed by atoms with E-state index >= 15 is 0 Å². The predicted octanol–water partition coefficient (Wildman–Crippen LogP) is 3.49. The van der Waals surface area contributed by atoms with Gasteiger partial charge in [0.2, 0.25) is 0 Å². The Hall–Kier alpha value is -2.37. The number of rotatable bonds is 2. The van der Waals surface area contributed by atoms with Crippen LogP contribution in [-0.4, -0.2) is 22.9 Å². The van der Waals surface area contributed by atoms with Crippen molar-refractivity contribution < 1.29 is 19.5 Å². The molecule has 7 heteroatoms. The molecule has 0 spiro atoms. The van der Waals surface area contributed by atoms with Crippen LogP contribution in [0.2, 0.25) is 10.0 Å². The minimum atomic E-state index is -1.18. The lowest BCUT2D eigenvalue weighted by Gasteiger charge is -2.15. The Morgan fingerprint density at radius 1 is 0.955 bits per heavy atom. The first-order valence-corrected chi connectivity index (χ1v) is 6.87. The van der Waals surface area contributed by atoms with Gasteiger partial charge in [0, 0.05) is 5.02 Å². The summed E-state index contributed by atoms with van der Waals surface area (Å²) in [6.07, 6.45) is 0. The fourth-order valence-corrected chi connectivity index (χ4v) is 2.62. The number of carbonyl (C=O) groups excluding carboxylic acids is 2. The molecular formula is C15H7Cl2NO4. The van der Waals surface area contributed by atoms with Gasteiger partial charge in [-0.05, 0) is 36.4 Å². The first-order chi connectivity index (χ1) is 10.4. The number of carbonyl (C=O) groups is 3. The van der Waals surface area contributed by atoms with Crippen LogP contribution < -0.4 is 4.90 Å². The summed E-state index contributed by atoms with van der Waals surface area (Å²) in [6, 6.07) is 8.19. The van der Waals surface area contributed by atoms with Gasteiger partial charge < -0.3 is 5.11 Å². The Kier molecular flexibility index (Phi) is 3.39. The topological polar surface area (TPSA) is 74.7 Å². The zero-order chi connectivity index (χ0) is 16.0. The molecule has 2 amide bonds. The molecule has 0 atom stereocenters. The number of hydrogen-bond donors (Lipinski definition) is 1. The van der Waals surface area contributed by atoms with Gasteiger partial charge >= 0.3 is 5.97 Å². The van der Waals surface area contributed by atoms with Gasteiger partial charge in [-0.2, -0.15) is 0 Å². The molecule has 0 fully saturated rings. The van der Waals surface area contributed by atoms with Gasteiger partial charge in [-0.1, -0.05) is 23.2 Å². The van der Waals surface area contributed by atoms with Gasteiger partial charge in [0.1, 0.15) is 0 Å². The van der Waals surface area contributed by atoms with Crippen LogP contribution in [-0.2, 0) is 0 Å². The summed E-state index contributed by atoms with van der Waals surface area (Å²) in [5, 5.41) is 9.50. The minimum Gasteiger partial charge on any atom is -0.478 e. The number of aromatic carboxylic acids is 1. The highest BCUT2D eigenvalue weighted by Gasteiger charge is 2.38. The van der Waals surface area contributed by atoms with E-state index < -0.39 is 17.8 Å². The molecule has 1 aliphatic rings. The Morgan fingerprint density at radius 2 is 1.64 bits per heavy atom. The summed E-state index contributed by atoms with van der Waals surface area (Å²) in [4.78, 5) is 36.7. The van der Waals surface area contributed by atoms with Crippen LogP contribution in [0, 0.1) is 0 Å². The highest BCUT2D eigenvalue weighted by atomic mass is 35.5. The highest BCUT2D eigenvalue weighted by Crippen LogP contribution is 2.35. The molecule has 5 nitrogen and oxygen atoms in total. The second-order valence-corrected chi connectivity index (χ2v) is 5.45. The monoisotopic (exact) mass is 335 g/mol. The number of anilines is 1. The SMILES string of the molecule is O=C(O)c1ccc2c(c1)C(=O)N(c1cc(Cl)ccc1Cl)C2=O. The molecule has 2 aromatic rings. The number of benzene rings is 2. The third-order valence-electron chi connectivity index (χ3n) is 3.28. The van der Waals surface area contributed by atoms with E-state index in [0.717, 1.165) is 4.90 Å². The fourth-order valence-electron chi connectivity index (χ4n) is 2.25. The molecule has 22 heavy (non-hydrogen) atoms. The summed E-state index contributed by atoms with van der Waals surface area (Å²) in [5.41, 5.74) is 0.253. The summed E-state index contributed by atoms with van der Waals surface area (Å²) >= 11 is 11.9. The third kappa shape index (κ3) is 2.15. The van der Waals surface area contributed by atoms with Crippen LogP contribution in [0.1, 0.15) is 31.1 Å². The van der Waals surface area contributed by atoms with Gasteiger partial charge in [0.05, 0.1) is 27.4 Å². The Labute approximate surface area is 134 Å². The minimum absolute atomic E-state index is 0.0287. The molecule has 0 bridgehead atoms. The molecule has 1 N–H and O–H groups in total. The van der Waals surface area contributed by atoms with E-state index in [9.17, 15) is 14.4 Å². The second kappa shape index (κ2) is 5.12. The molecule has 0 aliphatic carbocycles. The summed E-state index contributed by atoms with van der Waals surface area (Å²) in [5.74, 6) is -2.38. The first kappa shape index (κ1) is 14.6. The van der Waals surface area contributed by atoms with Crippen molar-refractivity contribution in [1.82, 2.24) is 0 Å². The Bertz CT molecular complexity index is 847. The van der Waals surface area contributed by atoms with Crippen LogP contribution in [0.3, 0.4) is 0 Å². The maximum absolute atomic E-state index is 12.5. The first-order valence-electron chi connectivity index (χ1n) is 6.11. The fraction of sp³-hybridized carbons (Fsp3) is 0. The van der Waals surface area contributed by atoms with E-state index in [0.29, 0.717) is 5.02 Å². The van der Waals surface area contributed by atoms with Crippen LogP contribution in [0.25, 0.3) is 0 Å². The number of carboxylic acids is 1. The van der Waals surface area contributed by atoms with E-state index in [1.165, 1.54) is 36.4 Å². The molecule has 0 saturated carbocycles. The number of nitrogens with zero attached hydrogens (tertiary/aromatic N) is 1. The molecule has 110 valence electrons. The van der Waals surface area contributed by atoms with Crippen molar-refractivity contribution in [2.75, 3.05) is 4.90 Å². The van der Waals surface area contributed by atoms with Gasteiger partial charge in [0.15, 0.2) is 0 Å². The van der Waals surface area contributed by atoms with E-state index in [1.54, 1.807) is 0 Å². The van der Waals surface area contributed by atoms with Crippen molar-refractivity contribution in [1.29, 1.82) is 0 Å². The quantitative estimate of drug-likeness (QED) is 0.852. The normalized spacial score (nSPS) is 13.5. The number of halogens is 2. The summed E-state index contributed by atoms with van der Waals surface area (Å²) in [7, 11) is 0. The Balaban J connectivity index is 2.14. The number of imide groups is 1. The van der Waals surface area contributed by atoms with Crippen molar-refractivity contribution >= 4 is 46.7 Å². The molecule has 0 saturated heterocycles. The molecule has 0 aromatic heterocycles. The maximum atomic E-state index is 12.5. The van der Waals surface area contributed by atoms with E-state index in [2.05, 4.69) is 0 Å². The lowest BCUT2D eigenvalue weighted by Crippen LogP contribution is -2.29. The van der Waals surface area contributed by atoms with E-state index in [4.69, 9.17) is 28.3 Å². The average molecular weight is 336 g/mol. The summed E-state index contributed by atoms with van der Waals surface area (Å²) < 4.78 is 0. The number of carboxylic acid groups (broad SMARTS) is 1. The van der Waals surface area contributed by atoms with Crippen LogP contribution >= 0.6 is 23.2 Å². The van der Waals surface area contributed by atoms with Gasteiger partial charge in [-0.15, -0.1) is 0 Å². The number of hydrogen-bond acceptors (Lipinski definition) is 3. The number of fused-ring (bicyclic) bond motifs is 1. The molecule has 1 aliphatic heterocycles.